The van der Waals surface area contributed by atoms with Crippen molar-refractivity contribution in [3.63, 3.8) is 0 Å². The van der Waals surface area contributed by atoms with Crippen LogP contribution < -0.4 is 11.1 Å². The highest BCUT2D eigenvalue weighted by Gasteiger charge is 2.23. The minimum absolute atomic E-state index is 0.0303. The minimum atomic E-state index is -0.0303. The van der Waals surface area contributed by atoms with Crippen molar-refractivity contribution in [3.8, 4) is 0 Å². The second-order valence-electron chi connectivity index (χ2n) is 5.74. The number of carbonyl (C=O) groups excluding carboxylic acids is 1. The zero-order chi connectivity index (χ0) is 15.4. The molecule has 3 N–H and O–H groups in total. The van der Waals surface area contributed by atoms with E-state index in [0.717, 1.165) is 26.1 Å². The molecule has 0 spiro atoms. The van der Waals surface area contributed by atoms with Crippen LogP contribution in [-0.4, -0.2) is 55.5 Å². The Hall–Kier alpha value is -1.30. The summed E-state index contributed by atoms with van der Waals surface area (Å²) in [5, 5.41) is 3.39. The van der Waals surface area contributed by atoms with Gasteiger partial charge >= 0.3 is 0 Å². The summed E-state index contributed by atoms with van der Waals surface area (Å²) >= 11 is 5.91. The van der Waals surface area contributed by atoms with E-state index in [1.807, 2.05) is 0 Å². The van der Waals surface area contributed by atoms with Crippen molar-refractivity contribution in [1.82, 2.24) is 9.80 Å². The molecule has 1 heterocycles. The summed E-state index contributed by atoms with van der Waals surface area (Å²) in [4.78, 5) is 16.6. The van der Waals surface area contributed by atoms with Gasteiger partial charge in [-0.3, -0.25) is 4.79 Å². The maximum absolute atomic E-state index is 12.0. The molecule has 1 aliphatic rings. The summed E-state index contributed by atoms with van der Waals surface area (Å²) in [5.74, 6) is -0.0303. The van der Waals surface area contributed by atoms with Crippen LogP contribution in [0.1, 0.15) is 12.8 Å². The van der Waals surface area contributed by atoms with Crippen molar-refractivity contribution in [3.05, 3.63) is 23.2 Å². The van der Waals surface area contributed by atoms with E-state index in [4.69, 9.17) is 17.3 Å². The fourth-order valence-corrected chi connectivity index (χ4v) is 2.72. The average Bonchev–Trinajstić information content (AvgIpc) is 2.90. The topological polar surface area (TPSA) is 61.6 Å². The lowest BCUT2D eigenvalue weighted by Crippen LogP contribution is -2.32. The van der Waals surface area contributed by atoms with Gasteiger partial charge in [0.2, 0.25) is 5.91 Å². The summed E-state index contributed by atoms with van der Waals surface area (Å²) in [6, 6.07) is 5.67. The molecule has 1 fully saturated rings. The lowest BCUT2D eigenvalue weighted by atomic mass is 10.2. The first kappa shape index (κ1) is 16.1. The number of nitrogens with one attached hydrogen (secondary N) is 1. The van der Waals surface area contributed by atoms with Crippen LogP contribution in [0.15, 0.2) is 18.2 Å². The molecule has 1 saturated heterocycles. The number of carbonyl (C=O) groups is 1. The molecule has 0 aliphatic carbocycles. The molecule has 1 aliphatic heterocycles. The third-order valence-corrected chi connectivity index (χ3v) is 4.16. The molecule has 0 saturated carbocycles. The van der Waals surface area contributed by atoms with Crippen LogP contribution in [0.5, 0.6) is 0 Å². The smallest absolute Gasteiger partial charge is 0.225 e. The van der Waals surface area contributed by atoms with Crippen LogP contribution in [0.3, 0.4) is 0 Å². The van der Waals surface area contributed by atoms with Gasteiger partial charge < -0.3 is 20.9 Å². The molecule has 1 atom stereocenters. The van der Waals surface area contributed by atoms with E-state index in [2.05, 4.69) is 29.2 Å². The van der Waals surface area contributed by atoms with Crippen molar-refractivity contribution >= 4 is 28.9 Å². The van der Waals surface area contributed by atoms with Crippen molar-refractivity contribution in [1.29, 1.82) is 0 Å². The number of likely N-dealkylation sites (N-methyl/N-ethyl adjacent to an activating group) is 1. The molecule has 1 aromatic rings. The number of benzene rings is 1. The lowest BCUT2D eigenvalue weighted by molar-refractivity contribution is -0.116. The Morgan fingerprint density at radius 3 is 2.95 bits per heavy atom. The second-order valence-corrected chi connectivity index (χ2v) is 6.17. The molecule has 116 valence electrons. The first-order valence-electron chi connectivity index (χ1n) is 7.19. The van der Waals surface area contributed by atoms with Crippen LogP contribution in [0.2, 0.25) is 5.02 Å². The molecule has 1 aromatic carbocycles. The second kappa shape index (κ2) is 7.11. The number of anilines is 2. The third-order valence-electron chi connectivity index (χ3n) is 3.92. The highest BCUT2D eigenvalue weighted by molar-refractivity contribution is 6.31. The number of amides is 1. The maximum Gasteiger partial charge on any atom is 0.225 e. The summed E-state index contributed by atoms with van der Waals surface area (Å²) in [6.07, 6.45) is 1.63. The normalized spacial score (nSPS) is 19.1. The molecule has 5 nitrogen and oxygen atoms in total. The van der Waals surface area contributed by atoms with E-state index >= 15 is 0 Å². The van der Waals surface area contributed by atoms with Crippen molar-refractivity contribution in [2.75, 3.05) is 44.8 Å². The maximum atomic E-state index is 12.0. The van der Waals surface area contributed by atoms with E-state index < -0.39 is 0 Å². The number of nitrogen functional groups attached to an aromatic ring is 1. The highest BCUT2D eigenvalue weighted by atomic mass is 35.5. The van der Waals surface area contributed by atoms with E-state index in [0.29, 0.717) is 28.9 Å². The van der Waals surface area contributed by atoms with Crippen molar-refractivity contribution in [2.45, 2.75) is 18.9 Å². The highest BCUT2D eigenvalue weighted by Crippen LogP contribution is 2.23. The van der Waals surface area contributed by atoms with Gasteiger partial charge in [0.05, 0.1) is 11.4 Å². The minimum Gasteiger partial charge on any atom is -0.397 e. The van der Waals surface area contributed by atoms with Crippen LogP contribution in [0, 0.1) is 0 Å². The van der Waals surface area contributed by atoms with Crippen LogP contribution in [0.4, 0.5) is 11.4 Å². The number of rotatable bonds is 5. The van der Waals surface area contributed by atoms with E-state index in [-0.39, 0.29) is 5.91 Å². The van der Waals surface area contributed by atoms with Gasteiger partial charge in [0, 0.05) is 30.6 Å². The summed E-state index contributed by atoms with van der Waals surface area (Å²) in [6.45, 7) is 2.85. The third kappa shape index (κ3) is 4.59. The number of nitrogens with zero attached hydrogens (tertiary/aromatic N) is 2. The zero-order valence-electron chi connectivity index (χ0n) is 12.6. The summed E-state index contributed by atoms with van der Waals surface area (Å²) in [7, 11) is 4.20. The monoisotopic (exact) mass is 310 g/mol. The predicted octanol–water partition coefficient (Wildman–Crippen LogP) is 1.89. The number of nitrogens with two attached hydrogens (primary N) is 1. The fourth-order valence-electron chi connectivity index (χ4n) is 2.55. The van der Waals surface area contributed by atoms with Gasteiger partial charge in [-0.1, -0.05) is 11.6 Å². The Labute approximate surface area is 131 Å². The van der Waals surface area contributed by atoms with E-state index in [1.54, 1.807) is 18.2 Å². The molecular formula is C15H23ClN4O. The molecule has 1 amide bonds. The summed E-state index contributed by atoms with van der Waals surface area (Å²) < 4.78 is 0. The molecule has 2 rings (SSSR count). The molecule has 1 unspecified atom stereocenters. The van der Waals surface area contributed by atoms with Crippen LogP contribution in [-0.2, 0) is 4.79 Å². The zero-order valence-corrected chi connectivity index (χ0v) is 13.4. The SMILES string of the molecule is CN(C)C1CCN(CCC(=O)Nc2cc(Cl)ccc2N)C1. The van der Waals surface area contributed by atoms with Gasteiger partial charge in [0.15, 0.2) is 0 Å². The molecule has 21 heavy (non-hydrogen) atoms. The predicted molar refractivity (Wildman–Crippen MR) is 87.6 cm³/mol. The average molecular weight is 311 g/mol. The van der Waals surface area contributed by atoms with Gasteiger partial charge in [0.25, 0.3) is 0 Å². The fraction of sp³-hybridized carbons (Fsp3) is 0.533. The Balaban J connectivity index is 1.79. The number of hydrogen-bond acceptors (Lipinski definition) is 4. The van der Waals surface area contributed by atoms with Gasteiger partial charge in [-0.2, -0.15) is 0 Å². The first-order valence-corrected chi connectivity index (χ1v) is 7.57. The Morgan fingerprint density at radius 2 is 2.29 bits per heavy atom. The molecule has 0 aromatic heterocycles. The van der Waals surface area contributed by atoms with Gasteiger partial charge in [-0.05, 0) is 45.3 Å². The summed E-state index contributed by atoms with van der Waals surface area (Å²) in [5.41, 5.74) is 6.93. The van der Waals surface area contributed by atoms with E-state index in [1.165, 1.54) is 0 Å². The van der Waals surface area contributed by atoms with Crippen LogP contribution in [0.25, 0.3) is 0 Å². The molecule has 6 heteroatoms. The molecular weight excluding hydrogens is 288 g/mol. The van der Waals surface area contributed by atoms with Crippen molar-refractivity contribution < 1.29 is 4.79 Å². The van der Waals surface area contributed by atoms with Gasteiger partial charge in [0.1, 0.15) is 0 Å². The van der Waals surface area contributed by atoms with Crippen LogP contribution >= 0.6 is 11.6 Å². The Morgan fingerprint density at radius 1 is 1.52 bits per heavy atom. The molecule has 0 radical (unpaired) electrons. The van der Waals surface area contributed by atoms with E-state index in [9.17, 15) is 4.79 Å². The standard InChI is InChI=1S/C15H23ClN4O/c1-19(2)12-5-7-20(10-12)8-6-15(21)18-14-9-11(16)3-4-13(14)17/h3-4,9,12H,5-8,10,17H2,1-2H3,(H,18,21). The first-order chi connectivity index (χ1) is 9.95. The van der Waals surface area contributed by atoms with Gasteiger partial charge in [-0.15, -0.1) is 0 Å². The Bertz CT molecular complexity index is 506. The lowest BCUT2D eigenvalue weighted by Gasteiger charge is -2.20. The van der Waals surface area contributed by atoms with Crippen molar-refractivity contribution in [2.24, 2.45) is 0 Å². The molecule has 0 bridgehead atoms. The van der Waals surface area contributed by atoms with Gasteiger partial charge in [-0.25, -0.2) is 0 Å². The number of hydrogen-bond donors (Lipinski definition) is 2. The number of likely N-dealkylation sites (tertiary alicyclic amines) is 1. The number of halogens is 1. The largest absolute Gasteiger partial charge is 0.397 e. The quantitative estimate of drug-likeness (QED) is 0.815. The Kier molecular flexibility index (Phi) is 5.45.